The van der Waals surface area contributed by atoms with E-state index in [9.17, 15) is 0 Å². The Kier molecular flexibility index (Phi) is 5.37. The first-order valence-electron chi connectivity index (χ1n) is 7.91. The fourth-order valence-corrected chi connectivity index (χ4v) is 3.30. The summed E-state index contributed by atoms with van der Waals surface area (Å²) in [7, 11) is 0. The molecule has 0 aliphatic rings. The smallest absolute Gasteiger partial charge is 0.193 e. The van der Waals surface area contributed by atoms with E-state index in [1.807, 2.05) is 91.0 Å². The van der Waals surface area contributed by atoms with Gasteiger partial charge in [-0.1, -0.05) is 97.6 Å². The molecule has 0 aliphatic heterocycles. The third-order valence-corrected chi connectivity index (χ3v) is 4.36. The number of nitrogens with zero attached hydrogens (tertiary/aromatic N) is 1. The van der Waals surface area contributed by atoms with E-state index in [0.29, 0.717) is 0 Å². The molecule has 3 aromatic rings. The molecule has 0 aromatic heterocycles. The van der Waals surface area contributed by atoms with Crippen LogP contribution in [-0.4, -0.2) is 4.63 Å². The van der Waals surface area contributed by atoms with Gasteiger partial charge in [0.1, 0.15) is 5.54 Å². The fraction of sp³-hybridized carbons (Fsp3) is 0.0455. The average molecular weight is 366 g/mol. The Morgan fingerprint density at radius 1 is 0.680 bits per heavy atom. The summed E-state index contributed by atoms with van der Waals surface area (Å²) in [6, 6.07) is 29.9. The van der Waals surface area contributed by atoms with Crippen molar-refractivity contribution in [3.05, 3.63) is 114 Å². The third-order valence-electron chi connectivity index (χ3n) is 4.19. The SMILES string of the molecule is C=C(c1ccccc1)C(N=C(Cl)Cl)(c1ccccc1)c1ccccc1. The Morgan fingerprint density at radius 3 is 1.48 bits per heavy atom. The standard InChI is InChI=1S/C22H17Cl2N/c1-17(18-11-5-2-6-12-18)22(25-21(23)24,19-13-7-3-8-14-19)20-15-9-4-10-16-20/h2-16H,1H2. The third kappa shape index (κ3) is 3.53. The van der Waals surface area contributed by atoms with Gasteiger partial charge in [-0.15, -0.1) is 0 Å². The van der Waals surface area contributed by atoms with E-state index in [0.717, 1.165) is 22.3 Å². The van der Waals surface area contributed by atoms with Crippen LogP contribution in [0.25, 0.3) is 5.57 Å². The highest BCUT2D eigenvalue weighted by atomic mass is 35.5. The molecule has 0 N–H and O–H groups in total. The summed E-state index contributed by atoms with van der Waals surface area (Å²) < 4.78 is -0.0372. The monoisotopic (exact) mass is 365 g/mol. The van der Waals surface area contributed by atoms with Gasteiger partial charge in [0.15, 0.2) is 4.63 Å². The van der Waals surface area contributed by atoms with E-state index in [4.69, 9.17) is 23.2 Å². The Balaban J connectivity index is 2.33. The van der Waals surface area contributed by atoms with Crippen LogP contribution < -0.4 is 0 Å². The minimum Gasteiger partial charge on any atom is -0.241 e. The molecular formula is C22H17Cl2N. The van der Waals surface area contributed by atoms with Crippen LogP contribution in [0.3, 0.4) is 0 Å². The van der Waals surface area contributed by atoms with Crippen LogP contribution in [0.5, 0.6) is 0 Å². The van der Waals surface area contributed by atoms with Crippen LogP contribution in [0.2, 0.25) is 0 Å². The Bertz CT molecular complexity index is 828. The number of hydrogen-bond acceptors (Lipinski definition) is 1. The van der Waals surface area contributed by atoms with Gasteiger partial charge in [0, 0.05) is 0 Å². The molecule has 0 aliphatic carbocycles. The maximum absolute atomic E-state index is 6.07. The zero-order chi connectivity index (χ0) is 17.7. The van der Waals surface area contributed by atoms with Crippen LogP contribution in [0.4, 0.5) is 0 Å². The summed E-state index contributed by atoms with van der Waals surface area (Å²) >= 11 is 12.1. The van der Waals surface area contributed by atoms with E-state index in [1.54, 1.807) is 0 Å². The van der Waals surface area contributed by atoms with Crippen molar-refractivity contribution in [1.82, 2.24) is 0 Å². The lowest BCUT2D eigenvalue weighted by Gasteiger charge is -2.33. The number of rotatable bonds is 5. The van der Waals surface area contributed by atoms with Gasteiger partial charge in [0.05, 0.1) is 0 Å². The lowest BCUT2D eigenvalue weighted by atomic mass is 9.75. The Labute approximate surface area is 158 Å². The molecule has 0 amide bonds. The molecule has 1 nitrogen and oxygen atoms in total. The molecule has 0 bridgehead atoms. The topological polar surface area (TPSA) is 12.4 Å². The summed E-state index contributed by atoms with van der Waals surface area (Å²) in [6.45, 7) is 4.38. The molecule has 0 fully saturated rings. The second-order valence-electron chi connectivity index (χ2n) is 5.64. The van der Waals surface area contributed by atoms with E-state index in [1.165, 1.54) is 0 Å². The molecule has 124 valence electrons. The number of aliphatic imine (C=N–C) groups is 1. The minimum atomic E-state index is -0.900. The highest BCUT2D eigenvalue weighted by molar-refractivity contribution is 6.95. The molecular weight excluding hydrogens is 349 g/mol. The molecule has 0 saturated carbocycles. The van der Waals surface area contributed by atoms with Crippen molar-refractivity contribution in [2.45, 2.75) is 5.54 Å². The van der Waals surface area contributed by atoms with Gasteiger partial charge >= 0.3 is 0 Å². The van der Waals surface area contributed by atoms with Crippen LogP contribution in [-0.2, 0) is 5.54 Å². The molecule has 3 rings (SSSR count). The van der Waals surface area contributed by atoms with Gasteiger partial charge in [0.25, 0.3) is 0 Å². The second kappa shape index (κ2) is 7.69. The van der Waals surface area contributed by atoms with E-state index in [-0.39, 0.29) is 4.63 Å². The Hall–Kier alpha value is -2.35. The summed E-state index contributed by atoms with van der Waals surface area (Å²) in [4.78, 5) is 4.67. The lowest BCUT2D eigenvalue weighted by molar-refractivity contribution is 0.712. The predicted octanol–water partition coefficient (Wildman–Crippen LogP) is 6.48. The van der Waals surface area contributed by atoms with Gasteiger partial charge < -0.3 is 0 Å². The van der Waals surface area contributed by atoms with Gasteiger partial charge in [0.2, 0.25) is 0 Å². The van der Waals surface area contributed by atoms with Crippen molar-refractivity contribution < 1.29 is 0 Å². The number of hydrogen-bond donors (Lipinski definition) is 0. The highest BCUT2D eigenvalue weighted by Crippen LogP contribution is 2.45. The van der Waals surface area contributed by atoms with E-state index >= 15 is 0 Å². The molecule has 0 radical (unpaired) electrons. The number of benzene rings is 3. The summed E-state index contributed by atoms with van der Waals surface area (Å²) in [6.07, 6.45) is 0. The maximum atomic E-state index is 6.07. The van der Waals surface area contributed by atoms with Gasteiger partial charge in [-0.25, -0.2) is 4.99 Å². The first-order valence-corrected chi connectivity index (χ1v) is 8.67. The summed E-state index contributed by atoms with van der Waals surface area (Å²) in [5.74, 6) is 0. The van der Waals surface area contributed by atoms with Crippen molar-refractivity contribution in [3.63, 3.8) is 0 Å². The molecule has 3 aromatic carbocycles. The molecule has 0 heterocycles. The highest BCUT2D eigenvalue weighted by Gasteiger charge is 2.38. The van der Waals surface area contributed by atoms with Gasteiger partial charge in [-0.05, 0) is 45.5 Å². The predicted molar refractivity (Wildman–Crippen MR) is 108 cm³/mol. The summed E-state index contributed by atoms with van der Waals surface area (Å²) in [5.41, 5.74) is 2.79. The van der Waals surface area contributed by atoms with Crippen LogP contribution in [0, 0.1) is 0 Å². The maximum Gasteiger partial charge on any atom is 0.193 e. The van der Waals surface area contributed by atoms with Crippen molar-refractivity contribution in [2.24, 2.45) is 4.99 Å². The molecule has 0 saturated heterocycles. The van der Waals surface area contributed by atoms with Crippen LogP contribution in [0.1, 0.15) is 16.7 Å². The first-order chi connectivity index (χ1) is 12.1. The summed E-state index contributed by atoms with van der Waals surface area (Å²) in [5, 5.41) is 0. The zero-order valence-electron chi connectivity index (χ0n) is 13.6. The normalized spacial score (nSPS) is 11.0. The lowest BCUT2D eigenvalue weighted by Crippen LogP contribution is -2.27. The van der Waals surface area contributed by atoms with Crippen LogP contribution in [0.15, 0.2) is 103 Å². The second-order valence-corrected chi connectivity index (χ2v) is 6.55. The molecule has 25 heavy (non-hydrogen) atoms. The molecule has 0 unspecified atom stereocenters. The van der Waals surface area contributed by atoms with Gasteiger partial charge in [-0.2, -0.15) is 0 Å². The molecule has 0 atom stereocenters. The van der Waals surface area contributed by atoms with Crippen molar-refractivity contribution in [1.29, 1.82) is 0 Å². The fourth-order valence-electron chi connectivity index (χ4n) is 3.05. The minimum absolute atomic E-state index is 0.0372. The van der Waals surface area contributed by atoms with Gasteiger partial charge in [-0.3, -0.25) is 0 Å². The van der Waals surface area contributed by atoms with Crippen molar-refractivity contribution in [3.8, 4) is 0 Å². The van der Waals surface area contributed by atoms with Crippen LogP contribution >= 0.6 is 23.2 Å². The zero-order valence-corrected chi connectivity index (χ0v) is 15.1. The largest absolute Gasteiger partial charge is 0.241 e. The molecule has 3 heteroatoms. The van der Waals surface area contributed by atoms with E-state index < -0.39 is 5.54 Å². The van der Waals surface area contributed by atoms with Crippen molar-refractivity contribution in [2.75, 3.05) is 0 Å². The molecule has 0 spiro atoms. The quantitative estimate of drug-likeness (QED) is 0.459. The average Bonchev–Trinajstić information content (AvgIpc) is 2.67. The number of halogens is 2. The van der Waals surface area contributed by atoms with E-state index in [2.05, 4.69) is 11.6 Å². The Morgan fingerprint density at radius 2 is 1.08 bits per heavy atom. The first kappa shape index (κ1) is 17.5. The van der Waals surface area contributed by atoms with Crippen molar-refractivity contribution >= 4 is 33.4 Å².